The van der Waals surface area contributed by atoms with Crippen LogP contribution in [-0.4, -0.2) is 18.4 Å². The fraction of sp³-hybridized carbons (Fsp3) is 0.143. The standard InChI is InChI=1S/C14H13FN2O2S/c1-2-17(11-5-3-10(15)4-6-11)14(19)12-7-9(8-20-12)13(16)18/h3-8H,2H2,1H3,(H2,16,18). The largest absolute Gasteiger partial charge is 0.366 e. The van der Waals surface area contributed by atoms with Gasteiger partial charge in [0.1, 0.15) is 5.82 Å². The number of rotatable bonds is 4. The van der Waals surface area contributed by atoms with Crippen molar-refractivity contribution in [3.05, 3.63) is 52.0 Å². The van der Waals surface area contributed by atoms with E-state index in [2.05, 4.69) is 0 Å². The first-order valence-electron chi connectivity index (χ1n) is 5.98. The van der Waals surface area contributed by atoms with Crippen LogP contribution in [-0.2, 0) is 0 Å². The third-order valence-corrected chi connectivity index (χ3v) is 3.71. The minimum atomic E-state index is -0.565. The van der Waals surface area contributed by atoms with Crippen LogP contribution in [0, 0.1) is 5.82 Å². The molecule has 104 valence electrons. The summed E-state index contributed by atoms with van der Waals surface area (Å²) in [4.78, 5) is 25.4. The number of carbonyl (C=O) groups excluding carboxylic acids is 2. The van der Waals surface area contributed by atoms with Crippen molar-refractivity contribution in [2.45, 2.75) is 6.92 Å². The van der Waals surface area contributed by atoms with Crippen molar-refractivity contribution >= 4 is 28.8 Å². The normalized spacial score (nSPS) is 10.3. The van der Waals surface area contributed by atoms with E-state index in [1.165, 1.54) is 23.1 Å². The highest BCUT2D eigenvalue weighted by atomic mass is 32.1. The van der Waals surface area contributed by atoms with Crippen LogP contribution >= 0.6 is 11.3 Å². The van der Waals surface area contributed by atoms with Crippen LogP contribution in [0.15, 0.2) is 35.7 Å². The van der Waals surface area contributed by atoms with Crippen molar-refractivity contribution in [1.82, 2.24) is 0 Å². The number of primary amides is 1. The molecule has 1 heterocycles. The van der Waals surface area contributed by atoms with Crippen LogP contribution in [0.3, 0.4) is 0 Å². The molecule has 0 saturated heterocycles. The third-order valence-electron chi connectivity index (χ3n) is 2.79. The van der Waals surface area contributed by atoms with Gasteiger partial charge in [-0.3, -0.25) is 9.59 Å². The number of thiophene rings is 1. The van der Waals surface area contributed by atoms with E-state index in [9.17, 15) is 14.0 Å². The molecule has 0 aliphatic carbocycles. The summed E-state index contributed by atoms with van der Waals surface area (Å²) in [5, 5.41) is 1.55. The van der Waals surface area contributed by atoms with Crippen LogP contribution in [0.25, 0.3) is 0 Å². The first-order valence-corrected chi connectivity index (χ1v) is 6.86. The molecule has 0 bridgehead atoms. The molecule has 0 fully saturated rings. The molecule has 20 heavy (non-hydrogen) atoms. The highest BCUT2D eigenvalue weighted by molar-refractivity contribution is 7.12. The lowest BCUT2D eigenvalue weighted by molar-refractivity contribution is 0.0991. The highest BCUT2D eigenvalue weighted by Crippen LogP contribution is 2.21. The maximum atomic E-state index is 12.9. The van der Waals surface area contributed by atoms with E-state index < -0.39 is 5.91 Å². The zero-order valence-electron chi connectivity index (χ0n) is 10.8. The summed E-state index contributed by atoms with van der Waals surface area (Å²) in [6.07, 6.45) is 0. The van der Waals surface area contributed by atoms with Gasteiger partial charge in [0.2, 0.25) is 5.91 Å². The molecule has 2 aromatic rings. The van der Waals surface area contributed by atoms with E-state index in [-0.39, 0.29) is 11.7 Å². The first-order chi connectivity index (χ1) is 9.52. The number of amides is 2. The van der Waals surface area contributed by atoms with Crippen molar-refractivity contribution in [2.24, 2.45) is 5.73 Å². The fourth-order valence-corrected chi connectivity index (χ4v) is 2.62. The van der Waals surface area contributed by atoms with Gasteiger partial charge >= 0.3 is 0 Å². The molecule has 0 aliphatic rings. The minimum Gasteiger partial charge on any atom is -0.366 e. The van der Waals surface area contributed by atoms with Crippen molar-refractivity contribution in [1.29, 1.82) is 0 Å². The van der Waals surface area contributed by atoms with Gasteiger partial charge in [0.25, 0.3) is 5.91 Å². The average Bonchev–Trinajstić information content (AvgIpc) is 2.91. The molecule has 4 nitrogen and oxygen atoms in total. The Balaban J connectivity index is 2.28. The molecule has 0 aliphatic heterocycles. The summed E-state index contributed by atoms with van der Waals surface area (Å²) in [6, 6.07) is 7.16. The van der Waals surface area contributed by atoms with E-state index in [4.69, 9.17) is 5.73 Å². The maximum absolute atomic E-state index is 12.9. The molecule has 2 rings (SSSR count). The molecule has 0 radical (unpaired) electrons. The van der Waals surface area contributed by atoms with Gasteiger partial charge in [0, 0.05) is 17.6 Å². The molecule has 6 heteroatoms. The lowest BCUT2D eigenvalue weighted by atomic mass is 10.2. The summed E-state index contributed by atoms with van der Waals surface area (Å²) >= 11 is 1.16. The summed E-state index contributed by atoms with van der Waals surface area (Å²) in [7, 11) is 0. The van der Waals surface area contributed by atoms with Crippen LogP contribution in [0.2, 0.25) is 0 Å². The summed E-state index contributed by atoms with van der Waals surface area (Å²) in [5.41, 5.74) is 6.08. The van der Waals surface area contributed by atoms with Crippen LogP contribution in [0.5, 0.6) is 0 Å². The van der Waals surface area contributed by atoms with Gasteiger partial charge in [0.15, 0.2) is 0 Å². The Bertz CT molecular complexity index is 637. The lowest BCUT2D eigenvalue weighted by Gasteiger charge is -2.20. The number of anilines is 1. The minimum absolute atomic E-state index is 0.239. The zero-order valence-corrected chi connectivity index (χ0v) is 11.6. The average molecular weight is 292 g/mol. The monoisotopic (exact) mass is 292 g/mol. The number of hydrogen-bond acceptors (Lipinski definition) is 3. The quantitative estimate of drug-likeness (QED) is 0.941. The number of hydrogen-bond donors (Lipinski definition) is 1. The van der Waals surface area contributed by atoms with Gasteiger partial charge in [-0.15, -0.1) is 11.3 Å². The Labute approximate surface area is 119 Å². The summed E-state index contributed by atoms with van der Waals surface area (Å²) in [6.45, 7) is 2.26. The number of carbonyl (C=O) groups is 2. The summed E-state index contributed by atoms with van der Waals surface area (Å²) in [5.74, 6) is -1.16. The Kier molecular flexibility index (Phi) is 4.14. The smallest absolute Gasteiger partial charge is 0.268 e. The SMILES string of the molecule is CCN(C(=O)c1cc(C(N)=O)cs1)c1ccc(F)cc1. The number of benzene rings is 1. The molecular formula is C14H13FN2O2S. The molecule has 0 spiro atoms. The number of nitrogens with two attached hydrogens (primary N) is 1. The predicted molar refractivity (Wildman–Crippen MR) is 76.6 cm³/mol. The lowest BCUT2D eigenvalue weighted by Crippen LogP contribution is -2.30. The molecular weight excluding hydrogens is 279 g/mol. The molecule has 1 aromatic carbocycles. The Hall–Kier alpha value is -2.21. The van der Waals surface area contributed by atoms with Gasteiger partial charge in [-0.2, -0.15) is 0 Å². The Morgan fingerprint density at radius 2 is 1.95 bits per heavy atom. The van der Waals surface area contributed by atoms with E-state index in [1.54, 1.807) is 17.5 Å². The Morgan fingerprint density at radius 3 is 2.45 bits per heavy atom. The molecule has 0 atom stereocenters. The van der Waals surface area contributed by atoms with E-state index in [0.29, 0.717) is 22.7 Å². The number of halogens is 1. The second-order valence-electron chi connectivity index (χ2n) is 4.09. The first kappa shape index (κ1) is 14.2. The van der Waals surface area contributed by atoms with E-state index >= 15 is 0 Å². The molecule has 2 N–H and O–H groups in total. The number of nitrogens with zero attached hydrogens (tertiary/aromatic N) is 1. The second-order valence-corrected chi connectivity index (χ2v) is 5.00. The van der Waals surface area contributed by atoms with Crippen molar-refractivity contribution < 1.29 is 14.0 Å². The van der Waals surface area contributed by atoms with Gasteiger partial charge in [-0.1, -0.05) is 0 Å². The van der Waals surface area contributed by atoms with E-state index in [1.807, 2.05) is 6.92 Å². The van der Waals surface area contributed by atoms with E-state index in [0.717, 1.165) is 11.3 Å². The molecule has 1 aromatic heterocycles. The van der Waals surface area contributed by atoms with Crippen LogP contribution < -0.4 is 10.6 Å². The topological polar surface area (TPSA) is 63.4 Å². The zero-order chi connectivity index (χ0) is 14.7. The van der Waals surface area contributed by atoms with Crippen molar-refractivity contribution in [3.63, 3.8) is 0 Å². The highest BCUT2D eigenvalue weighted by Gasteiger charge is 2.19. The van der Waals surface area contributed by atoms with Gasteiger partial charge in [0.05, 0.1) is 10.4 Å². The Morgan fingerprint density at radius 1 is 1.30 bits per heavy atom. The third kappa shape index (κ3) is 2.85. The van der Waals surface area contributed by atoms with Gasteiger partial charge < -0.3 is 10.6 Å². The van der Waals surface area contributed by atoms with Gasteiger partial charge in [-0.05, 0) is 37.3 Å². The summed E-state index contributed by atoms with van der Waals surface area (Å²) < 4.78 is 12.9. The fourth-order valence-electron chi connectivity index (χ4n) is 1.78. The van der Waals surface area contributed by atoms with Gasteiger partial charge in [-0.25, -0.2) is 4.39 Å². The van der Waals surface area contributed by atoms with Crippen LogP contribution in [0.1, 0.15) is 27.0 Å². The van der Waals surface area contributed by atoms with Crippen molar-refractivity contribution in [3.8, 4) is 0 Å². The molecule has 0 unspecified atom stereocenters. The maximum Gasteiger partial charge on any atom is 0.268 e. The second kappa shape index (κ2) is 5.83. The van der Waals surface area contributed by atoms with Crippen LogP contribution in [0.4, 0.5) is 10.1 Å². The van der Waals surface area contributed by atoms with Crippen molar-refractivity contribution in [2.75, 3.05) is 11.4 Å². The predicted octanol–water partition coefficient (Wildman–Crippen LogP) is 2.65. The molecule has 0 saturated carbocycles. The molecule has 2 amide bonds.